The Labute approximate surface area is 99.3 Å². The summed E-state index contributed by atoms with van der Waals surface area (Å²) in [6.45, 7) is 5.51. The number of alkyl halides is 3. The van der Waals surface area contributed by atoms with Crippen molar-refractivity contribution in [3.8, 4) is 0 Å². The van der Waals surface area contributed by atoms with Gasteiger partial charge in [-0.1, -0.05) is 19.9 Å². The first-order valence-electron chi connectivity index (χ1n) is 5.57. The molecule has 0 heterocycles. The van der Waals surface area contributed by atoms with Crippen LogP contribution in [0, 0.1) is 12.8 Å². The molecular weight excluding hydrogens is 229 g/mol. The molecule has 1 aromatic rings. The van der Waals surface area contributed by atoms with Crippen molar-refractivity contribution < 1.29 is 18.3 Å². The minimum atomic E-state index is -4.33. The van der Waals surface area contributed by atoms with Crippen molar-refractivity contribution in [1.82, 2.24) is 0 Å². The number of halogens is 3. The number of benzene rings is 1. The summed E-state index contributed by atoms with van der Waals surface area (Å²) < 4.78 is 37.3. The fourth-order valence-corrected chi connectivity index (χ4v) is 1.80. The lowest BCUT2D eigenvalue weighted by atomic mass is 9.95. The van der Waals surface area contributed by atoms with Crippen LogP contribution in [-0.4, -0.2) is 5.11 Å². The monoisotopic (exact) mass is 246 g/mol. The Kier molecular flexibility index (Phi) is 4.20. The minimum Gasteiger partial charge on any atom is -0.388 e. The van der Waals surface area contributed by atoms with E-state index in [0.29, 0.717) is 23.5 Å². The molecule has 1 atom stereocenters. The number of aliphatic hydroxyl groups is 1. The fraction of sp³-hybridized carbons (Fsp3) is 0.538. The highest BCUT2D eigenvalue weighted by molar-refractivity contribution is 5.33. The van der Waals surface area contributed by atoms with Crippen molar-refractivity contribution in [3.05, 3.63) is 34.9 Å². The number of rotatable bonds is 3. The first kappa shape index (κ1) is 14.0. The normalized spacial score (nSPS) is 14.1. The zero-order valence-electron chi connectivity index (χ0n) is 10.2. The largest absolute Gasteiger partial charge is 0.416 e. The van der Waals surface area contributed by atoms with E-state index in [2.05, 4.69) is 0 Å². The molecule has 1 unspecified atom stereocenters. The van der Waals surface area contributed by atoms with Crippen LogP contribution in [0.4, 0.5) is 13.2 Å². The van der Waals surface area contributed by atoms with Gasteiger partial charge in [-0.2, -0.15) is 13.2 Å². The van der Waals surface area contributed by atoms with Gasteiger partial charge in [0.2, 0.25) is 0 Å². The zero-order chi connectivity index (χ0) is 13.2. The van der Waals surface area contributed by atoms with Crippen molar-refractivity contribution >= 4 is 0 Å². The molecular formula is C13H17F3O. The topological polar surface area (TPSA) is 20.2 Å². The quantitative estimate of drug-likeness (QED) is 0.851. The Balaban J connectivity index is 2.98. The Bertz CT molecular complexity index is 383. The Morgan fingerprint density at radius 2 is 1.82 bits per heavy atom. The summed E-state index contributed by atoms with van der Waals surface area (Å²) in [7, 11) is 0. The zero-order valence-corrected chi connectivity index (χ0v) is 10.2. The van der Waals surface area contributed by atoms with E-state index >= 15 is 0 Å². The summed E-state index contributed by atoms with van der Waals surface area (Å²) in [5.74, 6) is 0.298. The molecule has 0 aliphatic carbocycles. The molecule has 0 radical (unpaired) electrons. The van der Waals surface area contributed by atoms with E-state index in [9.17, 15) is 18.3 Å². The van der Waals surface area contributed by atoms with Crippen LogP contribution in [0.1, 0.15) is 43.1 Å². The molecule has 4 heteroatoms. The van der Waals surface area contributed by atoms with E-state index in [1.807, 2.05) is 13.8 Å². The SMILES string of the molecule is Cc1cc(C(F)(F)F)ccc1C(O)CC(C)C. The summed E-state index contributed by atoms with van der Waals surface area (Å²) in [5.41, 5.74) is 0.384. The van der Waals surface area contributed by atoms with Gasteiger partial charge in [-0.3, -0.25) is 0 Å². The van der Waals surface area contributed by atoms with Crippen molar-refractivity contribution in [2.24, 2.45) is 5.92 Å². The maximum atomic E-state index is 12.4. The van der Waals surface area contributed by atoms with Gasteiger partial charge in [-0.05, 0) is 42.5 Å². The molecule has 1 nitrogen and oxygen atoms in total. The van der Waals surface area contributed by atoms with Gasteiger partial charge < -0.3 is 5.11 Å². The summed E-state index contributed by atoms with van der Waals surface area (Å²) >= 11 is 0. The van der Waals surface area contributed by atoms with Crippen LogP contribution in [0.25, 0.3) is 0 Å². The molecule has 0 aliphatic heterocycles. The first-order valence-corrected chi connectivity index (χ1v) is 5.57. The fourth-order valence-electron chi connectivity index (χ4n) is 1.80. The van der Waals surface area contributed by atoms with Crippen LogP contribution in [-0.2, 0) is 6.18 Å². The summed E-state index contributed by atoms with van der Waals surface area (Å²) in [4.78, 5) is 0. The standard InChI is InChI=1S/C13H17F3O/c1-8(2)6-12(17)11-5-4-10(7-9(11)3)13(14,15)16/h4-5,7-8,12,17H,6H2,1-3H3. The molecule has 0 amide bonds. The Hall–Kier alpha value is -1.03. The van der Waals surface area contributed by atoms with E-state index < -0.39 is 17.8 Å². The third-order valence-electron chi connectivity index (χ3n) is 2.65. The van der Waals surface area contributed by atoms with Crippen molar-refractivity contribution in [3.63, 3.8) is 0 Å². The van der Waals surface area contributed by atoms with Gasteiger partial charge >= 0.3 is 6.18 Å². The van der Waals surface area contributed by atoms with E-state index in [4.69, 9.17) is 0 Å². The molecule has 96 valence electrons. The van der Waals surface area contributed by atoms with Gasteiger partial charge in [0.25, 0.3) is 0 Å². The third-order valence-corrected chi connectivity index (χ3v) is 2.65. The second-order valence-corrected chi connectivity index (χ2v) is 4.71. The molecule has 1 N–H and O–H groups in total. The highest BCUT2D eigenvalue weighted by Crippen LogP contribution is 2.32. The molecule has 0 aromatic heterocycles. The molecule has 0 spiro atoms. The van der Waals surface area contributed by atoms with Crippen LogP contribution < -0.4 is 0 Å². The van der Waals surface area contributed by atoms with Crippen molar-refractivity contribution in [2.75, 3.05) is 0 Å². The summed E-state index contributed by atoms with van der Waals surface area (Å²) in [5, 5.41) is 9.88. The van der Waals surface area contributed by atoms with Gasteiger partial charge in [0, 0.05) is 0 Å². The van der Waals surface area contributed by atoms with Crippen LogP contribution in [0.3, 0.4) is 0 Å². The van der Waals surface area contributed by atoms with Crippen molar-refractivity contribution in [1.29, 1.82) is 0 Å². The highest BCUT2D eigenvalue weighted by Gasteiger charge is 2.30. The second-order valence-electron chi connectivity index (χ2n) is 4.71. The Morgan fingerprint density at radius 1 is 1.24 bits per heavy atom. The molecule has 0 saturated heterocycles. The molecule has 17 heavy (non-hydrogen) atoms. The average Bonchev–Trinajstić information content (AvgIpc) is 2.14. The number of hydrogen-bond acceptors (Lipinski definition) is 1. The molecule has 0 fully saturated rings. The minimum absolute atomic E-state index is 0.298. The number of aliphatic hydroxyl groups excluding tert-OH is 1. The first-order chi connectivity index (χ1) is 7.71. The van der Waals surface area contributed by atoms with Crippen LogP contribution in [0.15, 0.2) is 18.2 Å². The molecule has 0 bridgehead atoms. The molecule has 0 aliphatic rings. The smallest absolute Gasteiger partial charge is 0.388 e. The average molecular weight is 246 g/mol. The highest BCUT2D eigenvalue weighted by atomic mass is 19.4. The van der Waals surface area contributed by atoms with E-state index in [1.165, 1.54) is 6.07 Å². The maximum absolute atomic E-state index is 12.4. The maximum Gasteiger partial charge on any atom is 0.416 e. The van der Waals surface area contributed by atoms with Crippen molar-refractivity contribution in [2.45, 2.75) is 39.5 Å². The van der Waals surface area contributed by atoms with Gasteiger partial charge in [0.05, 0.1) is 11.7 Å². The predicted octanol–water partition coefficient (Wildman–Crippen LogP) is 4.09. The number of hydrogen-bond donors (Lipinski definition) is 1. The summed E-state index contributed by atoms with van der Waals surface area (Å²) in [6.07, 6.45) is -4.48. The number of aryl methyl sites for hydroxylation is 1. The van der Waals surface area contributed by atoms with E-state index in [1.54, 1.807) is 6.92 Å². The molecule has 0 saturated carbocycles. The van der Waals surface area contributed by atoms with Gasteiger partial charge in [0.1, 0.15) is 0 Å². The molecule has 1 rings (SSSR count). The van der Waals surface area contributed by atoms with Crippen LogP contribution in [0.5, 0.6) is 0 Å². The lowest BCUT2D eigenvalue weighted by Gasteiger charge is -2.17. The van der Waals surface area contributed by atoms with Gasteiger partial charge in [-0.15, -0.1) is 0 Å². The lowest BCUT2D eigenvalue weighted by Crippen LogP contribution is -2.08. The van der Waals surface area contributed by atoms with Crippen LogP contribution in [0.2, 0.25) is 0 Å². The molecule has 1 aromatic carbocycles. The third kappa shape index (κ3) is 3.73. The van der Waals surface area contributed by atoms with E-state index in [-0.39, 0.29) is 0 Å². The second kappa shape index (κ2) is 5.08. The van der Waals surface area contributed by atoms with Gasteiger partial charge in [-0.25, -0.2) is 0 Å². The van der Waals surface area contributed by atoms with E-state index in [0.717, 1.165) is 12.1 Å². The predicted molar refractivity (Wildman–Crippen MR) is 60.6 cm³/mol. The lowest BCUT2D eigenvalue weighted by molar-refractivity contribution is -0.137. The van der Waals surface area contributed by atoms with Gasteiger partial charge in [0.15, 0.2) is 0 Å². The van der Waals surface area contributed by atoms with Crippen LogP contribution >= 0.6 is 0 Å². The summed E-state index contributed by atoms with van der Waals surface area (Å²) in [6, 6.07) is 3.47. The Morgan fingerprint density at radius 3 is 2.24 bits per heavy atom.